The van der Waals surface area contributed by atoms with Crippen molar-refractivity contribution in [3.8, 4) is 11.5 Å². The molecule has 1 aromatic heterocycles. The number of pyridine rings is 1. The summed E-state index contributed by atoms with van der Waals surface area (Å²) in [7, 11) is 1.63. The summed E-state index contributed by atoms with van der Waals surface area (Å²) in [6.07, 6.45) is 1.65. The molecule has 0 saturated heterocycles. The summed E-state index contributed by atoms with van der Waals surface area (Å²) in [6, 6.07) is 21.9. The number of hydrogen-bond acceptors (Lipinski definition) is 4. The standard InChI is InChI=1S/C26H23NO4/c1-3-31-20-13-14-23-21(15-20)26(29)22(25(28)18-9-5-4-6-10-18)17-27(23)16-19-11-7-8-12-24(19)30-2/h4-15,17H,3,16H2,1-2H3. The predicted octanol–water partition coefficient (Wildman–Crippen LogP) is 4.69. The van der Waals surface area contributed by atoms with Gasteiger partial charge in [0.15, 0.2) is 5.78 Å². The number of fused-ring (bicyclic) bond motifs is 1. The summed E-state index contributed by atoms with van der Waals surface area (Å²) in [5, 5.41) is 0.447. The minimum atomic E-state index is -0.304. The van der Waals surface area contributed by atoms with Crippen LogP contribution >= 0.6 is 0 Å². The van der Waals surface area contributed by atoms with Gasteiger partial charge in [-0.15, -0.1) is 0 Å². The Morgan fingerprint density at radius 1 is 0.968 bits per heavy atom. The van der Waals surface area contributed by atoms with Gasteiger partial charge in [0.2, 0.25) is 5.43 Å². The van der Waals surface area contributed by atoms with E-state index in [2.05, 4.69) is 0 Å². The predicted molar refractivity (Wildman–Crippen MR) is 121 cm³/mol. The van der Waals surface area contributed by atoms with Crippen molar-refractivity contribution in [3.63, 3.8) is 0 Å². The summed E-state index contributed by atoms with van der Waals surface area (Å²) in [5.41, 5.74) is 1.97. The molecule has 1 heterocycles. The molecular formula is C26H23NO4. The van der Waals surface area contributed by atoms with E-state index in [0.29, 0.717) is 29.9 Å². The van der Waals surface area contributed by atoms with Crippen molar-refractivity contribution in [2.45, 2.75) is 13.5 Å². The Labute approximate surface area is 180 Å². The first-order valence-corrected chi connectivity index (χ1v) is 10.1. The van der Waals surface area contributed by atoms with Crippen LogP contribution in [-0.2, 0) is 6.54 Å². The summed E-state index contributed by atoms with van der Waals surface area (Å²) in [4.78, 5) is 26.5. The molecule has 0 N–H and O–H groups in total. The van der Waals surface area contributed by atoms with Gasteiger partial charge in [-0.3, -0.25) is 9.59 Å². The largest absolute Gasteiger partial charge is 0.496 e. The van der Waals surface area contributed by atoms with Crippen molar-refractivity contribution < 1.29 is 14.3 Å². The molecule has 0 bridgehead atoms. The normalized spacial score (nSPS) is 10.8. The number of rotatable bonds is 7. The van der Waals surface area contributed by atoms with Gasteiger partial charge in [-0.25, -0.2) is 0 Å². The number of aromatic nitrogens is 1. The highest BCUT2D eigenvalue weighted by Crippen LogP contribution is 2.24. The molecule has 0 aliphatic rings. The van der Waals surface area contributed by atoms with Crippen LogP contribution in [-0.4, -0.2) is 24.1 Å². The number of carbonyl (C=O) groups excluding carboxylic acids is 1. The van der Waals surface area contributed by atoms with Gasteiger partial charge in [0.25, 0.3) is 0 Å². The molecule has 4 aromatic rings. The molecule has 0 unspecified atom stereocenters. The van der Waals surface area contributed by atoms with Crippen LogP contribution < -0.4 is 14.9 Å². The molecule has 0 aliphatic heterocycles. The third-order valence-corrected chi connectivity index (χ3v) is 5.18. The molecule has 0 radical (unpaired) electrons. The van der Waals surface area contributed by atoms with Crippen LogP contribution in [0, 0.1) is 0 Å². The molecule has 5 heteroatoms. The van der Waals surface area contributed by atoms with E-state index < -0.39 is 0 Å². The van der Waals surface area contributed by atoms with E-state index in [9.17, 15) is 9.59 Å². The number of hydrogen-bond donors (Lipinski definition) is 0. The molecule has 156 valence electrons. The third-order valence-electron chi connectivity index (χ3n) is 5.18. The summed E-state index contributed by atoms with van der Waals surface area (Å²) >= 11 is 0. The maximum atomic E-state index is 13.3. The lowest BCUT2D eigenvalue weighted by Crippen LogP contribution is -2.20. The smallest absolute Gasteiger partial charge is 0.200 e. The number of benzene rings is 3. The second-order valence-electron chi connectivity index (χ2n) is 7.12. The van der Waals surface area contributed by atoms with Crippen LogP contribution in [0.4, 0.5) is 0 Å². The number of para-hydroxylation sites is 1. The zero-order chi connectivity index (χ0) is 21.8. The van der Waals surface area contributed by atoms with Crippen molar-refractivity contribution in [2.24, 2.45) is 0 Å². The Bertz CT molecular complexity index is 1290. The van der Waals surface area contributed by atoms with Crippen LogP contribution in [0.1, 0.15) is 28.4 Å². The highest BCUT2D eigenvalue weighted by Gasteiger charge is 2.18. The van der Waals surface area contributed by atoms with Crippen LogP contribution in [0.5, 0.6) is 11.5 Å². The Hall–Kier alpha value is -3.86. The molecule has 0 atom stereocenters. The average molecular weight is 413 g/mol. The minimum Gasteiger partial charge on any atom is -0.496 e. The van der Waals surface area contributed by atoms with Gasteiger partial charge in [-0.05, 0) is 31.2 Å². The van der Waals surface area contributed by atoms with E-state index in [0.717, 1.165) is 16.8 Å². The molecule has 0 amide bonds. The van der Waals surface area contributed by atoms with Gasteiger partial charge in [0, 0.05) is 17.3 Å². The van der Waals surface area contributed by atoms with Gasteiger partial charge in [-0.1, -0.05) is 48.5 Å². The summed E-state index contributed by atoms with van der Waals surface area (Å²) < 4.78 is 13.0. The number of methoxy groups -OCH3 is 1. The second-order valence-corrected chi connectivity index (χ2v) is 7.12. The minimum absolute atomic E-state index is 0.127. The van der Waals surface area contributed by atoms with Gasteiger partial charge < -0.3 is 14.0 Å². The van der Waals surface area contributed by atoms with E-state index in [1.807, 2.05) is 54.0 Å². The van der Waals surface area contributed by atoms with Crippen LogP contribution in [0.25, 0.3) is 10.9 Å². The first-order chi connectivity index (χ1) is 15.1. The second kappa shape index (κ2) is 8.88. The monoisotopic (exact) mass is 413 g/mol. The van der Waals surface area contributed by atoms with Crippen molar-refractivity contribution in [3.05, 3.63) is 106 Å². The Morgan fingerprint density at radius 2 is 1.71 bits per heavy atom. The molecule has 0 spiro atoms. The number of nitrogens with zero attached hydrogens (tertiary/aromatic N) is 1. The zero-order valence-corrected chi connectivity index (χ0v) is 17.5. The molecule has 4 rings (SSSR count). The fourth-order valence-electron chi connectivity index (χ4n) is 3.69. The first kappa shape index (κ1) is 20.4. The van der Waals surface area contributed by atoms with E-state index in [1.165, 1.54) is 0 Å². The van der Waals surface area contributed by atoms with Crippen LogP contribution in [0.2, 0.25) is 0 Å². The Morgan fingerprint density at radius 3 is 2.45 bits per heavy atom. The third kappa shape index (κ3) is 4.08. The molecule has 0 aliphatic carbocycles. The highest BCUT2D eigenvalue weighted by molar-refractivity contribution is 6.10. The number of ketones is 1. The molecule has 0 saturated carbocycles. The Balaban J connectivity index is 1.92. The molecule has 31 heavy (non-hydrogen) atoms. The Kier molecular flexibility index (Phi) is 5.85. The molecule has 5 nitrogen and oxygen atoms in total. The van der Waals surface area contributed by atoms with Gasteiger partial charge in [-0.2, -0.15) is 0 Å². The van der Waals surface area contributed by atoms with Gasteiger partial charge >= 0.3 is 0 Å². The lowest BCUT2D eigenvalue weighted by atomic mass is 10.0. The molecular weight excluding hydrogens is 390 g/mol. The van der Waals surface area contributed by atoms with E-state index in [1.54, 1.807) is 43.6 Å². The lowest BCUT2D eigenvalue weighted by Gasteiger charge is -2.16. The zero-order valence-electron chi connectivity index (χ0n) is 17.5. The first-order valence-electron chi connectivity index (χ1n) is 10.1. The lowest BCUT2D eigenvalue weighted by molar-refractivity contribution is 0.103. The van der Waals surface area contributed by atoms with E-state index >= 15 is 0 Å². The fraction of sp³-hybridized carbons (Fsp3) is 0.154. The van der Waals surface area contributed by atoms with Crippen LogP contribution in [0.3, 0.4) is 0 Å². The summed E-state index contributed by atoms with van der Waals surface area (Å²) in [6.45, 7) is 2.83. The number of carbonyl (C=O) groups is 1. The topological polar surface area (TPSA) is 57.5 Å². The SMILES string of the molecule is CCOc1ccc2c(c1)c(=O)c(C(=O)c1ccccc1)cn2Cc1ccccc1OC. The van der Waals surface area contributed by atoms with Gasteiger partial charge in [0.1, 0.15) is 11.5 Å². The quantitative estimate of drug-likeness (QED) is 0.413. The summed E-state index contributed by atoms with van der Waals surface area (Å²) in [5.74, 6) is 1.04. The average Bonchev–Trinajstić information content (AvgIpc) is 2.81. The maximum absolute atomic E-state index is 13.3. The van der Waals surface area contributed by atoms with E-state index in [-0.39, 0.29) is 16.8 Å². The molecule has 3 aromatic carbocycles. The van der Waals surface area contributed by atoms with Crippen molar-refractivity contribution in [2.75, 3.05) is 13.7 Å². The van der Waals surface area contributed by atoms with Gasteiger partial charge in [0.05, 0.1) is 36.7 Å². The molecule has 0 fully saturated rings. The fourth-order valence-corrected chi connectivity index (χ4v) is 3.69. The maximum Gasteiger partial charge on any atom is 0.200 e. The van der Waals surface area contributed by atoms with Crippen molar-refractivity contribution >= 4 is 16.7 Å². The van der Waals surface area contributed by atoms with Crippen molar-refractivity contribution in [1.82, 2.24) is 4.57 Å². The highest BCUT2D eigenvalue weighted by atomic mass is 16.5. The van der Waals surface area contributed by atoms with Crippen LogP contribution in [0.15, 0.2) is 83.8 Å². The van der Waals surface area contributed by atoms with Crippen molar-refractivity contribution in [1.29, 1.82) is 0 Å². The van der Waals surface area contributed by atoms with E-state index in [4.69, 9.17) is 9.47 Å². The number of ether oxygens (including phenoxy) is 2.